The maximum Gasteiger partial charge on any atom is 0.256 e. The molecule has 0 radical (unpaired) electrons. The van der Waals surface area contributed by atoms with Crippen molar-refractivity contribution in [2.75, 3.05) is 13.1 Å². The van der Waals surface area contributed by atoms with Gasteiger partial charge in [-0.3, -0.25) is 4.79 Å². The fraction of sp³-hybridized carbons (Fsp3) is 0.417. The predicted molar refractivity (Wildman–Crippen MR) is 66.1 cm³/mol. The zero-order chi connectivity index (χ0) is 12.3. The average Bonchev–Trinajstić information content (AvgIpc) is 2.27. The molecule has 4 heteroatoms. The first-order valence-electron chi connectivity index (χ1n) is 5.26. The maximum atomic E-state index is 13.9. The fourth-order valence-electron chi connectivity index (χ4n) is 1.51. The van der Waals surface area contributed by atoms with Crippen molar-refractivity contribution < 1.29 is 9.18 Å². The molecule has 1 amide bonds. The molecule has 0 bridgehead atoms. The van der Waals surface area contributed by atoms with Crippen molar-refractivity contribution in [2.24, 2.45) is 0 Å². The number of amides is 1. The summed E-state index contributed by atoms with van der Waals surface area (Å²) < 4.78 is 14.5. The number of hydrogen-bond donors (Lipinski definition) is 0. The van der Waals surface area contributed by atoms with Crippen LogP contribution in [0, 0.1) is 12.7 Å². The molecule has 1 aromatic carbocycles. The van der Waals surface area contributed by atoms with Crippen LogP contribution in [0.4, 0.5) is 4.39 Å². The first kappa shape index (κ1) is 13.2. The first-order chi connectivity index (χ1) is 7.52. The maximum absolute atomic E-state index is 13.9. The number of hydrogen-bond acceptors (Lipinski definition) is 1. The molecule has 0 saturated carbocycles. The molecule has 1 aromatic rings. The average molecular weight is 288 g/mol. The number of carbonyl (C=O) groups excluding carboxylic acids is 1. The Morgan fingerprint density at radius 1 is 1.38 bits per heavy atom. The number of halogens is 2. The van der Waals surface area contributed by atoms with Gasteiger partial charge in [0.05, 0.1) is 5.56 Å². The summed E-state index contributed by atoms with van der Waals surface area (Å²) in [6.07, 6.45) is 0. The Labute approximate surface area is 104 Å². The van der Waals surface area contributed by atoms with Crippen LogP contribution in [0.3, 0.4) is 0 Å². The van der Waals surface area contributed by atoms with Crippen molar-refractivity contribution in [3.63, 3.8) is 0 Å². The van der Waals surface area contributed by atoms with Gasteiger partial charge in [0.1, 0.15) is 5.82 Å². The molecule has 0 fully saturated rings. The van der Waals surface area contributed by atoms with Gasteiger partial charge in [-0.05, 0) is 38.5 Å². The molecule has 0 heterocycles. The van der Waals surface area contributed by atoms with Crippen LogP contribution in [0.15, 0.2) is 16.6 Å². The number of carbonyl (C=O) groups is 1. The SMILES string of the molecule is CCN(CC)C(=O)c1ccc(Br)c(C)c1F. The summed E-state index contributed by atoms with van der Waals surface area (Å²) in [5.74, 6) is -0.690. The van der Waals surface area contributed by atoms with E-state index in [0.29, 0.717) is 23.1 Å². The standard InChI is InChI=1S/C12H15BrFNO/c1-4-15(5-2)12(16)9-6-7-10(13)8(3)11(9)14/h6-7H,4-5H2,1-3H3. The van der Waals surface area contributed by atoms with E-state index >= 15 is 0 Å². The van der Waals surface area contributed by atoms with Gasteiger partial charge in [-0.25, -0.2) is 4.39 Å². The lowest BCUT2D eigenvalue weighted by molar-refractivity contribution is 0.0768. The molecular weight excluding hydrogens is 273 g/mol. The van der Waals surface area contributed by atoms with Crippen molar-refractivity contribution in [1.82, 2.24) is 4.90 Å². The Bertz CT molecular complexity index is 402. The number of benzene rings is 1. The quantitative estimate of drug-likeness (QED) is 0.835. The highest BCUT2D eigenvalue weighted by atomic mass is 79.9. The Morgan fingerprint density at radius 3 is 2.44 bits per heavy atom. The molecule has 0 saturated heterocycles. The molecule has 0 aromatic heterocycles. The highest BCUT2D eigenvalue weighted by Crippen LogP contribution is 2.22. The summed E-state index contributed by atoms with van der Waals surface area (Å²) in [5, 5.41) is 0. The minimum absolute atomic E-state index is 0.143. The zero-order valence-electron chi connectivity index (χ0n) is 9.68. The van der Waals surface area contributed by atoms with Gasteiger partial charge in [-0.2, -0.15) is 0 Å². The molecule has 0 unspecified atom stereocenters. The van der Waals surface area contributed by atoms with Gasteiger partial charge in [-0.1, -0.05) is 15.9 Å². The van der Waals surface area contributed by atoms with Crippen LogP contribution < -0.4 is 0 Å². The van der Waals surface area contributed by atoms with Crippen molar-refractivity contribution in [2.45, 2.75) is 20.8 Å². The molecule has 16 heavy (non-hydrogen) atoms. The summed E-state index contributed by atoms with van der Waals surface area (Å²) in [6, 6.07) is 3.22. The zero-order valence-corrected chi connectivity index (χ0v) is 11.3. The normalized spacial score (nSPS) is 10.3. The highest BCUT2D eigenvalue weighted by molar-refractivity contribution is 9.10. The second-order valence-corrected chi connectivity index (χ2v) is 4.37. The fourth-order valence-corrected chi connectivity index (χ4v) is 1.81. The Morgan fingerprint density at radius 2 is 1.94 bits per heavy atom. The van der Waals surface area contributed by atoms with Gasteiger partial charge >= 0.3 is 0 Å². The van der Waals surface area contributed by atoms with E-state index in [9.17, 15) is 9.18 Å². The Hall–Kier alpha value is -0.900. The first-order valence-corrected chi connectivity index (χ1v) is 6.06. The number of nitrogens with zero attached hydrogens (tertiary/aromatic N) is 1. The van der Waals surface area contributed by atoms with Crippen LogP contribution in [0.2, 0.25) is 0 Å². The predicted octanol–water partition coefficient (Wildman–Crippen LogP) is 3.38. The molecule has 0 spiro atoms. The van der Waals surface area contributed by atoms with E-state index in [1.807, 2.05) is 13.8 Å². The van der Waals surface area contributed by atoms with Crippen molar-refractivity contribution in [1.29, 1.82) is 0 Å². The molecule has 0 aliphatic carbocycles. The van der Waals surface area contributed by atoms with Crippen LogP contribution >= 0.6 is 15.9 Å². The van der Waals surface area contributed by atoms with E-state index in [1.165, 1.54) is 6.07 Å². The van der Waals surface area contributed by atoms with Crippen LogP contribution in [-0.2, 0) is 0 Å². The molecule has 0 aliphatic rings. The minimum Gasteiger partial charge on any atom is -0.339 e. The van der Waals surface area contributed by atoms with Gasteiger partial charge in [0.2, 0.25) is 0 Å². The summed E-state index contributed by atoms with van der Waals surface area (Å²) in [6.45, 7) is 6.59. The lowest BCUT2D eigenvalue weighted by Crippen LogP contribution is -2.31. The topological polar surface area (TPSA) is 20.3 Å². The smallest absolute Gasteiger partial charge is 0.256 e. The van der Waals surface area contributed by atoms with E-state index in [-0.39, 0.29) is 11.5 Å². The van der Waals surface area contributed by atoms with E-state index in [1.54, 1.807) is 17.9 Å². The summed E-state index contributed by atoms with van der Waals surface area (Å²) in [5.41, 5.74) is 0.613. The van der Waals surface area contributed by atoms with E-state index in [0.717, 1.165) is 0 Å². The third-order valence-electron chi connectivity index (χ3n) is 2.60. The van der Waals surface area contributed by atoms with Gasteiger partial charge in [0.15, 0.2) is 0 Å². The second kappa shape index (κ2) is 5.43. The summed E-state index contributed by atoms with van der Waals surface area (Å²) >= 11 is 3.24. The third kappa shape index (κ3) is 2.43. The van der Waals surface area contributed by atoms with Gasteiger partial charge < -0.3 is 4.90 Å². The second-order valence-electron chi connectivity index (χ2n) is 3.51. The molecule has 2 nitrogen and oxygen atoms in total. The van der Waals surface area contributed by atoms with E-state index in [2.05, 4.69) is 15.9 Å². The third-order valence-corrected chi connectivity index (χ3v) is 3.46. The number of rotatable bonds is 3. The molecule has 0 N–H and O–H groups in total. The Balaban J connectivity index is 3.14. The largest absolute Gasteiger partial charge is 0.339 e. The van der Waals surface area contributed by atoms with E-state index in [4.69, 9.17) is 0 Å². The molecule has 1 rings (SSSR count). The minimum atomic E-state index is -0.439. The molecular formula is C12H15BrFNO. The van der Waals surface area contributed by atoms with Gasteiger partial charge in [0, 0.05) is 17.6 Å². The van der Waals surface area contributed by atoms with Crippen molar-refractivity contribution >= 4 is 21.8 Å². The molecule has 0 aliphatic heterocycles. The monoisotopic (exact) mass is 287 g/mol. The van der Waals surface area contributed by atoms with Crippen LogP contribution in [-0.4, -0.2) is 23.9 Å². The van der Waals surface area contributed by atoms with Gasteiger partial charge in [-0.15, -0.1) is 0 Å². The van der Waals surface area contributed by atoms with Crippen LogP contribution in [0.1, 0.15) is 29.8 Å². The van der Waals surface area contributed by atoms with Gasteiger partial charge in [0.25, 0.3) is 5.91 Å². The van der Waals surface area contributed by atoms with Crippen LogP contribution in [0.25, 0.3) is 0 Å². The summed E-state index contributed by atoms with van der Waals surface area (Å²) in [7, 11) is 0. The summed E-state index contributed by atoms with van der Waals surface area (Å²) in [4.78, 5) is 13.6. The van der Waals surface area contributed by atoms with Crippen LogP contribution in [0.5, 0.6) is 0 Å². The lowest BCUT2D eigenvalue weighted by Gasteiger charge is -2.19. The van der Waals surface area contributed by atoms with Crippen molar-refractivity contribution in [3.05, 3.63) is 33.5 Å². The molecule has 0 atom stereocenters. The molecule has 88 valence electrons. The highest BCUT2D eigenvalue weighted by Gasteiger charge is 2.18. The Kier molecular flexibility index (Phi) is 4.47. The lowest BCUT2D eigenvalue weighted by atomic mass is 10.1. The van der Waals surface area contributed by atoms with E-state index < -0.39 is 5.82 Å². The van der Waals surface area contributed by atoms with Crippen molar-refractivity contribution in [3.8, 4) is 0 Å².